The highest BCUT2D eigenvalue weighted by molar-refractivity contribution is 5.65. The van der Waals surface area contributed by atoms with Crippen LogP contribution in [-0.2, 0) is 6.42 Å². The molecule has 0 nitrogen and oxygen atoms in total. The lowest BCUT2D eigenvalue weighted by Gasteiger charge is -2.18. The van der Waals surface area contributed by atoms with E-state index in [2.05, 4.69) is 95.0 Å². The van der Waals surface area contributed by atoms with Crippen LogP contribution in [0, 0.1) is 12.8 Å². The van der Waals surface area contributed by atoms with E-state index in [9.17, 15) is 0 Å². The summed E-state index contributed by atoms with van der Waals surface area (Å²) in [7, 11) is 0. The molecule has 0 heterocycles. The minimum Gasteiger partial charge on any atom is -0.0952 e. The molecule has 0 aliphatic heterocycles. The molecule has 2 aliphatic rings. The summed E-state index contributed by atoms with van der Waals surface area (Å²) in [6.07, 6.45) is 17.5. The van der Waals surface area contributed by atoms with Crippen molar-refractivity contribution in [1.29, 1.82) is 0 Å². The van der Waals surface area contributed by atoms with Gasteiger partial charge in [-0.15, -0.1) is 0 Å². The van der Waals surface area contributed by atoms with Crippen LogP contribution < -0.4 is 0 Å². The predicted octanol–water partition coefficient (Wildman–Crippen LogP) is 9.66. The summed E-state index contributed by atoms with van der Waals surface area (Å²) >= 11 is 0. The Labute approximate surface area is 202 Å². The average Bonchev–Trinajstić information content (AvgIpc) is 3.14. The summed E-state index contributed by atoms with van der Waals surface area (Å²) in [6.45, 7) is 13.7. The van der Waals surface area contributed by atoms with Crippen LogP contribution in [0.4, 0.5) is 0 Å². The fraction of sp³-hybridized carbons (Fsp3) is 0.455. The van der Waals surface area contributed by atoms with Crippen LogP contribution in [0.1, 0.15) is 110 Å². The zero-order valence-electron chi connectivity index (χ0n) is 21.2. The number of allylic oxidation sites excluding steroid dienone is 5. The quantitative estimate of drug-likeness (QED) is 0.365. The number of aryl methyl sites for hydroxylation is 1. The number of fused-ring (bicyclic) bond motifs is 1. The van der Waals surface area contributed by atoms with Gasteiger partial charge in [0.05, 0.1) is 0 Å². The lowest BCUT2D eigenvalue weighted by Crippen LogP contribution is -2.04. The average molecular weight is 439 g/mol. The molecule has 2 aromatic rings. The van der Waals surface area contributed by atoms with Crippen molar-refractivity contribution < 1.29 is 0 Å². The number of benzene rings is 2. The second kappa shape index (κ2) is 10.7. The van der Waals surface area contributed by atoms with Crippen LogP contribution >= 0.6 is 0 Å². The highest BCUT2D eigenvalue weighted by Gasteiger charge is 2.31. The molecule has 0 bridgehead atoms. The van der Waals surface area contributed by atoms with E-state index in [1.54, 1.807) is 16.7 Å². The SMILES string of the molecule is C=C(CCC1C=CC=CC1)c1ccc2c(c1)C(CCC)CC2Cc1cc(C)ccc1C(C)C. The Morgan fingerprint density at radius 2 is 1.85 bits per heavy atom. The Morgan fingerprint density at radius 3 is 2.58 bits per heavy atom. The summed E-state index contributed by atoms with van der Waals surface area (Å²) < 4.78 is 0. The van der Waals surface area contributed by atoms with Crippen molar-refractivity contribution in [2.75, 3.05) is 0 Å². The molecule has 4 rings (SSSR count). The number of hydrogen-bond donors (Lipinski definition) is 0. The van der Waals surface area contributed by atoms with Gasteiger partial charge in [-0.05, 0) is 103 Å². The van der Waals surface area contributed by atoms with Crippen LogP contribution in [0.3, 0.4) is 0 Å². The van der Waals surface area contributed by atoms with Gasteiger partial charge >= 0.3 is 0 Å². The van der Waals surface area contributed by atoms with Crippen LogP contribution in [0.15, 0.2) is 67.3 Å². The molecule has 2 aliphatic carbocycles. The molecule has 0 saturated carbocycles. The van der Waals surface area contributed by atoms with Crippen LogP contribution in [-0.4, -0.2) is 0 Å². The van der Waals surface area contributed by atoms with Crippen molar-refractivity contribution in [1.82, 2.24) is 0 Å². The molecule has 0 N–H and O–H groups in total. The van der Waals surface area contributed by atoms with E-state index in [0.29, 0.717) is 23.7 Å². The van der Waals surface area contributed by atoms with Crippen molar-refractivity contribution in [3.8, 4) is 0 Å². The molecule has 0 radical (unpaired) electrons. The fourth-order valence-electron chi connectivity index (χ4n) is 6.02. The number of hydrogen-bond acceptors (Lipinski definition) is 0. The molecule has 0 spiro atoms. The molecule has 0 amide bonds. The third-order valence-corrected chi connectivity index (χ3v) is 7.85. The minimum absolute atomic E-state index is 0.577. The predicted molar refractivity (Wildman–Crippen MR) is 145 cm³/mol. The first-order valence-electron chi connectivity index (χ1n) is 13.2. The van der Waals surface area contributed by atoms with Gasteiger partial charge in [0.1, 0.15) is 0 Å². The van der Waals surface area contributed by atoms with Crippen molar-refractivity contribution >= 4 is 5.57 Å². The lowest BCUT2D eigenvalue weighted by molar-refractivity contribution is 0.546. The van der Waals surface area contributed by atoms with Crippen molar-refractivity contribution in [2.45, 2.75) is 90.4 Å². The largest absolute Gasteiger partial charge is 0.0952 e. The molecule has 3 atom stereocenters. The summed E-state index contributed by atoms with van der Waals surface area (Å²) in [4.78, 5) is 0. The van der Waals surface area contributed by atoms with Gasteiger partial charge in [0.15, 0.2) is 0 Å². The monoisotopic (exact) mass is 438 g/mol. The van der Waals surface area contributed by atoms with Gasteiger partial charge in [-0.3, -0.25) is 0 Å². The normalized spacial score (nSPS) is 21.5. The summed E-state index contributed by atoms with van der Waals surface area (Å²) in [6, 6.07) is 14.4. The fourth-order valence-corrected chi connectivity index (χ4v) is 6.02. The minimum atomic E-state index is 0.577. The molecule has 0 aromatic heterocycles. The maximum atomic E-state index is 4.49. The molecule has 0 saturated heterocycles. The molecular weight excluding hydrogens is 396 g/mol. The van der Waals surface area contributed by atoms with E-state index in [4.69, 9.17) is 0 Å². The molecule has 0 fully saturated rings. The smallest absolute Gasteiger partial charge is 0.0113 e. The van der Waals surface area contributed by atoms with E-state index >= 15 is 0 Å². The van der Waals surface area contributed by atoms with Crippen molar-refractivity contribution in [2.24, 2.45) is 5.92 Å². The zero-order chi connectivity index (χ0) is 23.4. The van der Waals surface area contributed by atoms with Crippen LogP contribution in [0.25, 0.3) is 5.57 Å². The van der Waals surface area contributed by atoms with Crippen molar-refractivity contribution in [3.63, 3.8) is 0 Å². The maximum absolute atomic E-state index is 4.49. The summed E-state index contributed by atoms with van der Waals surface area (Å²) in [5, 5.41) is 0. The van der Waals surface area contributed by atoms with Gasteiger partial charge < -0.3 is 0 Å². The molecule has 33 heavy (non-hydrogen) atoms. The first-order chi connectivity index (χ1) is 16.0. The third kappa shape index (κ3) is 5.60. The Kier molecular flexibility index (Phi) is 7.74. The van der Waals surface area contributed by atoms with Gasteiger partial charge in [-0.1, -0.05) is 100 Å². The Balaban J connectivity index is 1.54. The van der Waals surface area contributed by atoms with Crippen LogP contribution in [0.2, 0.25) is 0 Å². The Hall–Kier alpha value is -2.34. The maximum Gasteiger partial charge on any atom is -0.0113 e. The van der Waals surface area contributed by atoms with E-state index in [1.807, 2.05) is 0 Å². The lowest BCUT2D eigenvalue weighted by atomic mass is 9.86. The molecular formula is C33H42. The second-order valence-corrected chi connectivity index (χ2v) is 10.8. The Morgan fingerprint density at radius 1 is 1.00 bits per heavy atom. The first-order valence-corrected chi connectivity index (χ1v) is 13.2. The molecule has 2 aromatic carbocycles. The molecule has 3 unspecified atom stereocenters. The number of rotatable bonds is 9. The first kappa shape index (κ1) is 23.8. The highest BCUT2D eigenvalue weighted by atomic mass is 14.4. The second-order valence-electron chi connectivity index (χ2n) is 10.8. The Bertz CT molecular complexity index is 1030. The zero-order valence-corrected chi connectivity index (χ0v) is 21.2. The van der Waals surface area contributed by atoms with Gasteiger partial charge in [0.25, 0.3) is 0 Å². The van der Waals surface area contributed by atoms with Gasteiger partial charge in [-0.25, -0.2) is 0 Å². The summed E-state index contributed by atoms with van der Waals surface area (Å²) in [5.41, 5.74) is 10.3. The van der Waals surface area contributed by atoms with E-state index < -0.39 is 0 Å². The van der Waals surface area contributed by atoms with Crippen molar-refractivity contribution in [3.05, 3.63) is 101 Å². The van der Waals surface area contributed by atoms with Gasteiger partial charge in [0.2, 0.25) is 0 Å². The van der Waals surface area contributed by atoms with E-state index in [1.165, 1.54) is 60.8 Å². The van der Waals surface area contributed by atoms with E-state index in [-0.39, 0.29) is 0 Å². The van der Waals surface area contributed by atoms with E-state index in [0.717, 1.165) is 6.42 Å². The molecule has 0 heteroatoms. The van der Waals surface area contributed by atoms with Gasteiger partial charge in [0, 0.05) is 0 Å². The van der Waals surface area contributed by atoms with Gasteiger partial charge in [-0.2, -0.15) is 0 Å². The topological polar surface area (TPSA) is 0 Å². The third-order valence-electron chi connectivity index (χ3n) is 7.85. The summed E-state index contributed by atoms with van der Waals surface area (Å²) in [5.74, 6) is 2.58. The van der Waals surface area contributed by atoms with Crippen LogP contribution in [0.5, 0.6) is 0 Å². The highest BCUT2D eigenvalue weighted by Crippen LogP contribution is 2.47. The standard InChI is InChI=1S/C33H42/c1-6-10-28-20-30(21-29-19-24(4)13-17-31(29)23(2)3)32-18-16-27(22-33(28)32)25(5)14-15-26-11-8-7-9-12-26/h7-9,11,13,16-19,22-23,26,28,30H,5-6,10,12,14-15,20-21H2,1-4H3. The molecule has 174 valence electrons.